The molecule has 1 amide bonds. The monoisotopic (exact) mass is 482 g/mol. The molecule has 0 bridgehead atoms. The van der Waals surface area contributed by atoms with E-state index in [0.29, 0.717) is 28.3 Å². The Morgan fingerprint density at radius 2 is 2.03 bits per heavy atom. The van der Waals surface area contributed by atoms with Crippen LogP contribution in [0, 0.1) is 0 Å². The first-order chi connectivity index (χ1) is 13.6. The van der Waals surface area contributed by atoms with E-state index < -0.39 is 15.9 Å². The van der Waals surface area contributed by atoms with Gasteiger partial charge in [0.15, 0.2) is 0 Å². The molecule has 0 saturated carbocycles. The third kappa shape index (κ3) is 4.41. The Hall–Kier alpha value is -2.10. The molecule has 3 rings (SSSR count). The fourth-order valence-electron chi connectivity index (χ4n) is 3.05. The number of anilines is 1. The molecule has 1 N–H and O–H groups in total. The second-order valence-electron chi connectivity index (χ2n) is 6.90. The molecular formula is C20H23BrN2O5S. The molecule has 1 atom stereocenters. The highest BCUT2D eigenvalue weighted by Crippen LogP contribution is 2.38. The maximum absolute atomic E-state index is 13.0. The minimum absolute atomic E-state index is 0.0343. The largest absolute Gasteiger partial charge is 0.492 e. The molecule has 9 heteroatoms. The van der Waals surface area contributed by atoms with Crippen LogP contribution in [0.1, 0.15) is 29.8 Å². The van der Waals surface area contributed by atoms with Gasteiger partial charge in [0.25, 0.3) is 5.91 Å². The van der Waals surface area contributed by atoms with Crippen LogP contribution in [0.4, 0.5) is 5.69 Å². The first-order valence-corrected chi connectivity index (χ1v) is 11.4. The SMILES string of the molecule is CCOc1cc2c(cc1NC(=O)c1cc(S(=O)(=O)N(C)C)ccc1Br)O[C@H](C)C2. The third-order valence-electron chi connectivity index (χ3n) is 4.51. The summed E-state index contributed by atoms with van der Waals surface area (Å²) in [6.45, 7) is 4.29. The standard InChI is InChI=1S/C20H23BrN2O5S/c1-5-27-19-9-13-8-12(2)28-18(13)11-17(19)22-20(24)15-10-14(6-7-16(15)21)29(25,26)23(3)4/h6-7,9-12H,5,8H2,1-4H3,(H,22,24)/t12-/m1/s1. The number of fused-ring (bicyclic) bond motifs is 1. The van der Waals surface area contributed by atoms with Crippen LogP contribution in [-0.2, 0) is 16.4 Å². The van der Waals surface area contributed by atoms with Gasteiger partial charge in [-0.1, -0.05) is 0 Å². The zero-order chi connectivity index (χ0) is 21.3. The Morgan fingerprint density at radius 1 is 1.31 bits per heavy atom. The first-order valence-electron chi connectivity index (χ1n) is 9.13. The van der Waals surface area contributed by atoms with Crippen molar-refractivity contribution >= 4 is 37.5 Å². The van der Waals surface area contributed by atoms with Gasteiger partial charge in [-0.2, -0.15) is 0 Å². The molecule has 156 valence electrons. The van der Waals surface area contributed by atoms with Gasteiger partial charge >= 0.3 is 0 Å². The number of nitrogens with zero attached hydrogens (tertiary/aromatic N) is 1. The lowest BCUT2D eigenvalue weighted by Gasteiger charge is -2.15. The summed E-state index contributed by atoms with van der Waals surface area (Å²) in [4.78, 5) is 13.0. The molecule has 7 nitrogen and oxygen atoms in total. The summed E-state index contributed by atoms with van der Waals surface area (Å²) in [5.74, 6) is 0.796. The molecule has 1 heterocycles. The molecule has 1 aliphatic rings. The van der Waals surface area contributed by atoms with Gasteiger partial charge in [0.1, 0.15) is 17.6 Å². The normalized spacial score (nSPS) is 15.7. The third-order valence-corrected chi connectivity index (χ3v) is 7.01. The van der Waals surface area contributed by atoms with Crippen LogP contribution in [-0.4, -0.2) is 45.4 Å². The average molecular weight is 483 g/mol. The van der Waals surface area contributed by atoms with Crippen molar-refractivity contribution in [1.29, 1.82) is 0 Å². The van der Waals surface area contributed by atoms with Gasteiger partial charge in [-0.25, -0.2) is 12.7 Å². The lowest BCUT2D eigenvalue weighted by atomic mass is 10.1. The molecule has 0 unspecified atom stereocenters. The zero-order valence-corrected chi connectivity index (χ0v) is 19.1. The number of sulfonamides is 1. The van der Waals surface area contributed by atoms with Crippen LogP contribution in [0.15, 0.2) is 39.7 Å². The molecule has 2 aromatic carbocycles. The number of amides is 1. The summed E-state index contributed by atoms with van der Waals surface area (Å²) >= 11 is 3.33. The number of ether oxygens (including phenoxy) is 2. The van der Waals surface area contributed by atoms with Crippen LogP contribution in [0.25, 0.3) is 0 Å². The van der Waals surface area contributed by atoms with E-state index in [2.05, 4.69) is 21.2 Å². The molecule has 0 aliphatic carbocycles. The van der Waals surface area contributed by atoms with E-state index in [4.69, 9.17) is 9.47 Å². The summed E-state index contributed by atoms with van der Waals surface area (Å²) in [5.41, 5.74) is 1.70. The number of nitrogens with one attached hydrogen (secondary N) is 1. The summed E-state index contributed by atoms with van der Waals surface area (Å²) < 4.78 is 37.9. The Bertz CT molecular complexity index is 1050. The summed E-state index contributed by atoms with van der Waals surface area (Å²) in [6.07, 6.45) is 0.840. The Balaban J connectivity index is 1.96. The number of carbonyl (C=O) groups excluding carboxylic acids is 1. The summed E-state index contributed by atoms with van der Waals surface area (Å²) in [7, 11) is -0.783. The van der Waals surface area contributed by atoms with Crippen molar-refractivity contribution in [2.45, 2.75) is 31.3 Å². The molecule has 1 aliphatic heterocycles. The van der Waals surface area contributed by atoms with Gasteiger partial charge in [0, 0.05) is 36.6 Å². The quantitative estimate of drug-likeness (QED) is 0.678. The molecule has 0 spiro atoms. The first kappa shape index (κ1) is 21.6. The number of halogens is 1. The molecule has 2 aromatic rings. The highest BCUT2D eigenvalue weighted by atomic mass is 79.9. The van der Waals surface area contributed by atoms with E-state index in [9.17, 15) is 13.2 Å². The van der Waals surface area contributed by atoms with Crippen LogP contribution in [0.3, 0.4) is 0 Å². The van der Waals surface area contributed by atoms with Crippen LogP contribution >= 0.6 is 15.9 Å². The maximum Gasteiger partial charge on any atom is 0.256 e. The maximum atomic E-state index is 13.0. The van der Waals surface area contributed by atoms with Crippen molar-refractivity contribution in [2.75, 3.05) is 26.0 Å². The second-order valence-corrected chi connectivity index (χ2v) is 9.91. The number of carbonyl (C=O) groups is 1. The minimum atomic E-state index is -3.67. The molecule has 0 aromatic heterocycles. The van der Waals surface area contributed by atoms with Crippen molar-refractivity contribution in [3.63, 3.8) is 0 Å². The Morgan fingerprint density at radius 3 is 2.69 bits per heavy atom. The molecular weight excluding hydrogens is 460 g/mol. The van der Waals surface area contributed by atoms with Gasteiger partial charge in [-0.05, 0) is 54.0 Å². The second kappa shape index (κ2) is 8.33. The topological polar surface area (TPSA) is 84.9 Å². The predicted molar refractivity (Wildman–Crippen MR) is 114 cm³/mol. The fourth-order valence-corrected chi connectivity index (χ4v) is 4.41. The molecule has 0 radical (unpaired) electrons. The lowest BCUT2D eigenvalue weighted by molar-refractivity contribution is 0.102. The summed E-state index contributed by atoms with van der Waals surface area (Å²) in [6, 6.07) is 7.96. The number of benzene rings is 2. The average Bonchev–Trinajstić information content (AvgIpc) is 3.01. The highest BCUT2D eigenvalue weighted by Gasteiger charge is 2.24. The van der Waals surface area contributed by atoms with Gasteiger partial charge in [0.2, 0.25) is 10.0 Å². The number of rotatable bonds is 6. The van der Waals surface area contributed by atoms with Gasteiger partial charge in [0.05, 0.1) is 22.8 Å². The molecule has 29 heavy (non-hydrogen) atoms. The van der Waals surface area contributed by atoms with Crippen molar-refractivity contribution < 1.29 is 22.7 Å². The van der Waals surface area contributed by atoms with E-state index >= 15 is 0 Å². The Kier molecular flexibility index (Phi) is 6.21. The van der Waals surface area contributed by atoms with E-state index in [-0.39, 0.29) is 16.6 Å². The zero-order valence-electron chi connectivity index (χ0n) is 16.7. The number of hydrogen-bond acceptors (Lipinski definition) is 5. The van der Waals surface area contributed by atoms with Gasteiger partial charge in [-0.15, -0.1) is 0 Å². The lowest BCUT2D eigenvalue weighted by Crippen LogP contribution is -2.23. The van der Waals surface area contributed by atoms with E-state index in [1.54, 1.807) is 12.1 Å². The minimum Gasteiger partial charge on any atom is -0.492 e. The fraction of sp³-hybridized carbons (Fsp3) is 0.350. The van der Waals surface area contributed by atoms with Crippen molar-refractivity contribution in [3.05, 3.63) is 45.9 Å². The van der Waals surface area contributed by atoms with Gasteiger partial charge < -0.3 is 14.8 Å². The van der Waals surface area contributed by atoms with Crippen molar-refractivity contribution in [3.8, 4) is 11.5 Å². The number of hydrogen-bond donors (Lipinski definition) is 1. The van der Waals surface area contributed by atoms with Gasteiger partial charge in [-0.3, -0.25) is 4.79 Å². The summed E-state index contributed by atoms with van der Waals surface area (Å²) in [5, 5.41) is 2.82. The van der Waals surface area contributed by atoms with Crippen molar-refractivity contribution in [2.24, 2.45) is 0 Å². The van der Waals surface area contributed by atoms with E-state index in [0.717, 1.165) is 16.3 Å². The predicted octanol–water partition coefficient (Wildman–Crippen LogP) is 3.67. The molecule has 0 fully saturated rings. The highest BCUT2D eigenvalue weighted by molar-refractivity contribution is 9.10. The van der Waals surface area contributed by atoms with Crippen molar-refractivity contribution in [1.82, 2.24) is 4.31 Å². The van der Waals surface area contributed by atoms with E-state index in [1.807, 2.05) is 19.9 Å². The Labute approximate surface area is 179 Å². The van der Waals surface area contributed by atoms with Crippen LogP contribution in [0.5, 0.6) is 11.5 Å². The van der Waals surface area contributed by atoms with Crippen LogP contribution < -0.4 is 14.8 Å². The smallest absolute Gasteiger partial charge is 0.256 e. The van der Waals surface area contributed by atoms with E-state index in [1.165, 1.54) is 26.2 Å². The molecule has 0 saturated heterocycles. The van der Waals surface area contributed by atoms with Crippen LogP contribution in [0.2, 0.25) is 0 Å².